The molecule has 3 rings (SSSR count). The smallest absolute Gasteiger partial charge is 0.224 e. The predicted octanol–water partition coefficient (Wildman–Crippen LogP) is 0.526. The van der Waals surface area contributed by atoms with Gasteiger partial charge in [0.05, 0.1) is 23.7 Å². The molecule has 1 aliphatic rings. The van der Waals surface area contributed by atoms with Crippen LogP contribution >= 0.6 is 0 Å². The van der Waals surface area contributed by atoms with E-state index >= 15 is 0 Å². The molecule has 0 saturated carbocycles. The lowest BCUT2D eigenvalue weighted by Gasteiger charge is -2.24. The summed E-state index contributed by atoms with van der Waals surface area (Å²) in [6.45, 7) is 3.53. The zero-order valence-electron chi connectivity index (χ0n) is 9.53. The molecule has 0 radical (unpaired) electrons. The van der Waals surface area contributed by atoms with Gasteiger partial charge in [-0.15, -0.1) is 0 Å². The minimum atomic E-state index is -0.106. The molecule has 0 spiro atoms. The van der Waals surface area contributed by atoms with Gasteiger partial charge in [0.25, 0.3) is 0 Å². The highest BCUT2D eigenvalue weighted by Crippen LogP contribution is 2.26. The second kappa shape index (κ2) is 3.56. The van der Waals surface area contributed by atoms with Crippen molar-refractivity contribution in [3.05, 3.63) is 6.20 Å². The Morgan fingerprint density at radius 2 is 2.41 bits per heavy atom. The van der Waals surface area contributed by atoms with Crippen molar-refractivity contribution in [1.82, 2.24) is 20.2 Å². The van der Waals surface area contributed by atoms with Gasteiger partial charge in [0.2, 0.25) is 5.95 Å². The highest BCUT2D eigenvalue weighted by molar-refractivity contribution is 5.87. The number of fused-ring (bicyclic) bond motifs is 1. The summed E-state index contributed by atoms with van der Waals surface area (Å²) in [4.78, 5) is 8.29. The molecule has 90 valence electrons. The molecule has 2 aromatic rings. The van der Waals surface area contributed by atoms with Gasteiger partial charge in [-0.05, 0) is 13.3 Å². The van der Waals surface area contributed by atoms with Gasteiger partial charge in [-0.25, -0.2) is 0 Å². The summed E-state index contributed by atoms with van der Waals surface area (Å²) in [7, 11) is 0. The summed E-state index contributed by atoms with van der Waals surface area (Å²) in [6, 6.07) is 0. The van der Waals surface area contributed by atoms with Crippen LogP contribution in [0.1, 0.15) is 13.3 Å². The molecule has 3 heterocycles. The number of nitrogens with one attached hydrogen (secondary N) is 2. The molecule has 0 amide bonds. The van der Waals surface area contributed by atoms with Gasteiger partial charge in [0, 0.05) is 6.61 Å². The van der Waals surface area contributed by atoms with Crippen molar-refractivity contribution in [2.75, 3.05) is 24.3 Å². The summed E-state index contributed by atoms with van der Waals surface area (Å²) in [5, 5.41) is 10.9. The Balaban J connectivity index is 2.01. The number of aromatic nitrogens is 4. The van der Waals surface area contributed by atoms with Crippen LogP contribution in [-0.4, -0.2) is 38.9 Å². The molecule has 0 aliphatic carbocycles. The Kier molecular flexibility index (Phi) is 2.15. The Morgan fingerprint density at radius 1 is 1.53 bits per heavy atom. The molecule has 1 fully saturated rings. The molecule has 7 heteroatoms. The zero-order chi connectivity index (χ0) is 11.9. The van der Waals surface area contributed by atoms with E-state index in [-0.39, 0.29) is 11.5 Å². The van der Waals surface area contributed by atoms with Gasteiger partial charge in [0.1, 0.15) is 5.82 Å². The number of nitrogen functional groups attached to an aromatic ring is 1. The van der Waals surface area contributed by atoms with Crippen molar-refractivity contribution in [3.8, 4) is 0 Å². The Morgan fingerprint density at radius 3 is 3.18 bits per heavy atom. The zero-order valence-corrected chi connectivity index (χ0v) is 9.53. The predicted molar refractivity (Wildman–Crippen MR) is 63.6 cm³/mol. The van der Waals surface area contributed by atoms with Crippen molar-refractivity contribution < 1.29 is 4.74 Å². The fourth-order valence-electron chi connectivity index (χ4n) is 2.00. The third kappa shape index (κ3) is 1.78. The number of aromatic amines is 1. The normalized spacial score (nSPS) is 24.3. The average molecular weight is 234 g/mol. The maximum Gasteiger partial charge on any atom is 0.224 e. The summed E-state index contributed by atoms with van der Waals surface area (Å²) in [5.74, 6) is 0.931. The number of nitrogens with two attached hydrogens (primary N) is 1. The topological polar surface area (TPSA) is 102 Å². The highest BCUT2D eigenvalue weighted by atomic mass is 16.5. The molecule has 4 N–H and O–H groups in total. The first-order valence-corrected chi connectivity index (χ1v) is 5.49. The summed E-state index contributed by atoms with van der Waals surface area (Å²) in [6.07, 6.45) is 2.63. The largest absolute Gasteiger partial charge is 0.379 e. The van der Waals surface area contributed by atoms with E-state index in [9.17, 15) is 0 Å². The number of nitrogens with zero attached hydrogens (tertiary/aromatic N) is 3. The van der Waals surface area contributed by atoms with E-state index < -0.39 is 0 Å². The number of hydrogen-bond donors (Lipinski definition) is 3. The van der Waals surface area contributed by atoms with Crippen molar-refractivity contribution in [1.29, 1.82) is 0 Å². The molecule has 7 nitrogen and oxygen atoms in total. The van der Waals surface area contributed by atoms with Gasteiger partial charge < -0.3 is 15.8 Å². The first-order chi connectivity index (χ1) is 8.16. The van der Waals surface area contributed by atoms with E-state index in [1.807, 2.05) is 0 Å². The van der Waals surface area contributed by atoms with Crippen LogP contribution in [0.4, 0.5) is 11.8 Å². The molecule has 0 aromatic carbocycles. The quantitative estimate of drug-likeness (QED) is 0.700. The van der Waals surface area contributed by atoms with Gasteiger partial charge in [-0.1, -0.05) is 0 Å². The monoisotopic (exact) mass is 234 g/mol. The van der Waals surface area contributed by atoms with E-state index in [4.69, 9.17) is 10.5 Å². The SMILES string of the molecule is CC1(Nc2nc(N)nc3[nH]ncc23)CCOC1. The van der Waals surface area contributed by atoms with Gasteiger partial charge in [0.15, 0.2) is 5.65 Å². The third-order valence-electron chi connectivity index (χ3n) is 2.97. The molecule has 1 atom stereocenters. The van der Waals surface area contributed by atoms with Crippen molar-refractivity contribution in [3.63, 3.8) is 0 Å². The second-order valence-electron chi connectivity index (χ2n) is 4.55. The van der Waals surface area contributed by atoms with Crippen LogP contribution in [0.3, 0.4) is 0 Å². The first kappa shape index (κ1) is 10.3. The van der Waals surface area contributed by atoms with Gasteiger partial charge in [-0.3, -0.25) is 5.10 Å². The number of H-pyrrole nitrogens is 1. The molecule has 1 saturated heterocycles. The maximum atomic E-state index is 5.66. The van der Waals surface area contributed by atoms with Gasteiger partial charge in [-0.2, -0.15) is 15.1 Å². The van der Waals surface area contributed by atoms with Crippen LogP contribution in [0.5, 0.6) is 0 Å². The number of anilines is 2. The summed E-state index contributed by atoms with van der Waals surface area (Å²) in [5.41, 5.74) is 6.20. The molecule has 2 aromatic heterocycles. The van der Waals surface area contributed by atoms with Crippen molar-refractivity contribution in [2.24, 2.45) is 0 Å². The van der Waals surface area contributed by atoms with Gasteiger partial charge >= 0.3 is 0 Å². The van der Waals surface area contributed by atoms with E-state index in [1.54, 1.807) is 6.20 Å². The number of rotatable bonds is 2. The molecule has 17 heavy (non-hydrogen) atoms. The fourth-order valence-corrected chi connectivity index (χ4v) is 2.00. The van der Waals surface area contributed by atoms with E-state index in [0.717, 1.165) is 18.4 Å². The van der Waals surface area contributed by atoms with Crippen LogP contribution in [-0.2, 0) is 4.74 Å². The molecule has 1 aliphatic heterocycles. The molecule has 1 unspecified atom stereocenters. The molecular weight excluding hydrogens is 220 g/mol. The lowest BCUT2D eigenvalue weighted by molar-refractivity contribution is 0.185. The molecular formula is C10H14N6O. The lowest BCUT2D eigenvalue weighted by Crippen LogP contribution is -2.35. The Hall–Kier alpha value is -1.89. The summed E-state index contributed by atoms with van der Waals surface area (Å²) < 4.78 is 5.40. The number of hydrogen-bond acceptors (Lipinski definition) is 6. The fraction of sp³-hybridized carbons (Fsp3) is 0.500. The first-order valence-electron chi connectivity index (χ1n) is 5.49. The van der Waals surface area contributed by atoms with Crippen LogP contribution in [0, 0.1) is 0 Å². The van der Waals surface area contributed by atoms with Crippen LogP contribution < -0.4 is 11.1 Å². The minimum absolute atomic E-state index is 0.106. The third-order valence-corrected chi connectivity index (χ3v) is 2.97. The van der Waals surface area contributed by atoms with E-state index in [2.05, 4.69) is 32.4 Å². The van der Waals surface area contributed by atoms with Crippen LogP contribution in [0.2, 0.25) is 0 Å². The van der Waals surface area contributed by atoms with E-state index in [0.29, 0.717) is 18.1 Å². The average Bonchev–Trinajstić information content (AvgIpc) is 2.86. The lowest BCUT2D eigenvalue weighted by atomic mass is 10.0. The Bertz CT molecular complexity index is 545. The van der Waals surface area contributed by atoms with Crippen molar-refractivity contribution in [2.45, 2.75) is 18.9 Å². The summed E-state index contributed by atoms with van der Waals surface area (Å²) >= 11 is 0. The van der Waals surface area contributed by atoms with E-state index in [1.165, 1.54) is 0 Å². The molecule has 0 bridgehead atoms. The number of ether oxygens (including phenoxy) is 1. The van der Waals surface area contributed by atoms with Crippen LogP contribution in [0.15, 0.2) is 6.20 Å². The minimum Gasteiger partial charge on any atom is -0.379 e. The maximum absolute atomic E-state index is 5.66. The second-order valence-corrected chi connectivity index (χ2v) is 4.55. The standard InChI is InChI=1S/C10H14N6O/c1-10(2-3-17-5-10)15-7-6-4-12-16-8(6)14-9(11)13-7/h4H,2-3,5H2,1H3,(H4,11,12,13,14,15,16). The van der Waals surface area contributed by atoms with Crippen LogP contribution in [0.25, 0.3) is 11.0 Å². The Labute approximate surface area is 97.8 Å². The highest BCUT2D eigenvalue weighted by Gasteiger charge is 2.30. The van der Waals surface area contributed by atoms with Crippen molar-refractivity contribution >= 4 is 22.8 Å².